The summed E-state index contributed by atoms with van der Waals surface area (Å²) < 4.78 is 0. The van der Waals surface area contributed by atoms with Gasteiger partial charge in [-0.3, -0.25) is 9.89 Å². The third-order valence-corrected chi connectivity index (χ3v) is 1.95. The van der Waals surface area contributed by atoms with Crippen molar-refractivity contribution in [3.63, 3.8) is 0 Å². The molecule has 2 rings (SSSR count). The minimum atomic E-state index is 0.0852. The Labute approximate surface area is 77.7 Å². The SMILES string of the molecule is CC.Cc1[nH]nc2c1CC(=O)NC2. The average molecular weight is 181 g/mol. The van der Waals surface area contributed by atoms with Crippen LogP contribution in [-0.4, -0.2) is 16.1 Å². The standard InChI is InChI=1S/C7H9N3O.C2H6/c1-4-5-2-7(11)8-3-6(5)10-9-4;1-2/h2-3H2,1H3,(H,8,11)(H,9,10);1-2H3. The van der Waals surface area contributed by atoms with Crippen LogP contribution in [-0.2, 0) is 17.8 Å². The van der Waals surface area contributed by atoms with Gasteiger partial charge in [-0.2, -0.15) is 5.10 Å². The maximum Gasteiger partial charge on any atom is 0.224 e. The summed E-state index contributed by atoms with van der Waals surface area (Å²) in [6, 6.07) is 0. The smallest absolute Gasteiger partial charge is 0.224 e. The van der Waals surface area contributed by atoms with Crippen LogP contribution in [0.2, 0.25) is 0 Å². The number of nitrogens with one attached hydrogen (secondary N) is 2. The molecule has 0 spiro atoms. The molecule has 0 unspecified atom stereocenters. The summed E-state index contributed by atoms with van der Waals surface area (Å²) >= 11 is 0. The Morgan fingerprint density at radius 1 is 1.38 bits per heavy atom. The van der Waals surface area contributed by atoms with E-state index in [1.54, 1.807) is 0 Å². The molecule has 1 aromatic rings. The van der Waals surface area contributed by atoms with E-state index in [0.717, 1.165) is 17.0 Å². The van der Waals surface area contributed by atoms with E-state index in [9.17, 15) is 4.79 Å². The topological polar surface area (TPSA) is 57.8 Å². The van der Waals surface area contributed by atoms with Gasteiger partial charge in [0.25, 0.3) is 0 Å². The molecule has 0 radical (unpaired) electrons. The van der Waals surface area contributed by atoms with Crippen molar-refractivity contribution in [2.45, 2.75) is 33.7 Å². The number of H-pyrrole nitrogens is 1. The second-order valence-electron chi connectivity index (χ2n) is 2.73. The Morgan fingerprint density at radius 2 is 2.08 bits per heavy atom. The van der Waals surface area contributed by atoms with Crippen LogP contribution in [0, 0.1) is 6.92 Å². The summed E-state index contributed by atoms with van der Waals surface area (Å²) in [4.78, 5) is 10.9. The Kier molecular flexibility index (Phi) is 3.06. The van der Waals surface area contributed by atoms with E-state index in [-0.39, 0.29) is 5.91 Å². The summed E-state index contributed by atoms with van der Waals surface area (Å²) in [5, 5.41) is 9.64. The number of fused-ring (bicyclic) bond motifs is 1. The minimum Gasteiger partial charge on any atom is -0.350 e. The molecule has 0 fully saturated rings. The monoisotopic (exact) mass is 181 g/mol. The highest BCUT2D eigenvalue weighted by Crippen LogP contribution is 2.14. The normalized spacial score (nSPS) is 13.9. The molecule has 0 atom stereocenters. The molecule has 2 heterocycles. The summed E-state index contributed by atoms with van der Waals surface area (Å²) in [5.41, 5.74) is 3.05. The minimum absolute atomic E-state index is 0.0852. The molecule has 1 aliphatic heterocycles. The number of aromatic amines is 1. The van der Waals surface area contributed by atoms with Crippen molar-refractivity contribution in [2.75, 3.05) is 0 Å². The van der Waals surface area contributed by atoms with Crippen LogP contribution >= 0.6 is 0 Å². The fourth-order valence-corrected chi connectivity index (χ4v) is 1.29. The van der Waals surface area contributed by atoms with Gasteiger partial charge in [-0.15, -0.1) is 0 Å². The molecule has 72 valence electrons. The van der Waals surface area contributed by atoms with Crippen LogP contribution in [0.15, 0.2) is 0 Å². The van der Waals surface area contributed by atoms with Crippen LogP contribution in [0.4, 0.5) is 0 Å². The Balaban J connectivity index is 0.000000396. The van der Waals surface area contributed by atoms with E-state index in [1.165, 1.54) is 0 Å². The molecule has 4 nitrogen and oxygen atoms in total. The first kappa shape index (κ1) is 9.77. The maximum atomic E-state index is 10.9. The van der Waals surface area contributed by atoms with Crippen molar-refractivity contribution in [3.05, 3.63) is 17.0 Å². The van der Waals surface area contributed by atoms with Gasteiger partial charge in [-0.25, -0.2) is 0 Å². The highest BCUT2D eigenvalue weighted by atomic mass is 16.1. The van der Waals surface area contributed by atoms with E-state index in [1.807, 2.05) is 20.8 Å². The van der Waals surface area contributed by atoms with E-state index in [2.05, 4.69) is 15.5 Å². The molecule has 1 aromatic heterocycles. The third-order valence-electron chi connectivity index (χ3n) is 1.95. The molecule has 2 N–H and O–H groups in total. The third kappa shape index (κ3) is 1.88. The van der Waals surface area contributed by atoms with E-state index in [0.29, 0.717) is 13.0 Å². The van der Waals surface area contributed by atoms with Crippen molar-refractivity contribution in [1.82, 2.24) is 15.5 Å². The van der Waals surface area contributed by atoms with Gasteiger partial charge in [-0.1, -0.05) is 13.8 Å². The fourth-order valence-electron chi connectivity index (χ4n) is 1.29. The molecule has 0 aliphatic carbocycles. The number of hydrogen-bond donors (Lipinski definition) is 2. The summed E-state index contributed by atoms with van der Waals surface area (Å²) in [7, 11) is 0. The molecule has 4 heteroatoms. The zero-order chi connectivity index (χ0) is 9.84. The van der Waals surface area contributed by atoms with Crippen LogP contribution in [0.5, 0.6) is 0 Å². The van der Waals surface area contributed by atoms with Crippen LogP contribution < -0.4 is 5.32 Å². The molecule has 0 aromatic carbocycles. The number of aryl methyl sites for hydroxylation is 1. The number of rotatable bonds is 0. The van der Waals surface area contributed by atoms with Gasteiger partial charge >= 0.3 is 0 Å². The van der Waals surface area contributed by atoms with Crippen LogP contribution in [0.3, 0.4) is 0 Å². The summed E-state index contributed by atoms with van der Waals surface area (Å²) in [6.45, 7) is 6.50. The number of amides is 1. The van der Waals surface area contributed by atoms with Gasteiger partial charge in [0.2, 0.25) is 5.91 Å². The van der Waals surface area contributed by atoms with Gasteiger partial charge in [-0.05, 0) is 6.92 Å². The predicted molar refractivity (Wildman–Crippen MR) is 50.2 cm³/mol. The van der Waals surface area contributed by atoms with Crippen LogP contribution in [0.25, 0.3) is 0 Å². The van der Waals surface area contributed by atoms with Crippen molar-refractivity contribution >= 4 is 5.91 Å². The van der Waals surface area contributed by atoms with Crippen molar-refractivity contribution < 1.29 is 4.79 Å². The number of aromatic nitrogens is 2. The Bertz CT molecular complexity index is 304. The number of nitrogens with zero attached hydrogens (tertiary/aromatic N) is 1. The van der Waals surface area contributed by atoms with Crippen molar-refractivity contribution in [1.29, 1.82) is 0 Å². The van der Waals surface area contributed by atoms with Crippen molar-refractivity contribution in [2.24, 2.45) is 0 Å². The van der Waals surface area contributed by atoms with E-state index in [4.69, 9.17) is 0 Å². The first-order valence-corrected chi connectivity index (χ1v) is 4.57. The summed E-state index contributed by atoms with van der Waals surface area (Å²) in [5.74, 6) is 0.0852. The molecule has 1 aliphatic rings. The quantitative estimate of drug-likeness (QED) is 0.625. The summed E-state index contributed by atoms with van der Waals surface area (Å²) in [6.07, 6.45) is 0.470. The lowest BCUT2D eigenvalue weighted by Gasteiger charge is -2.10. The second kappa shape index (κ2) is 4.07. The van der Waals surface area contributed by atoms with Gasteiger partial charge in [0.15, 0.2) is 0 Å². The molecule has 1 amide bonds. The average Bonchev–Trinajstić information content (AvgIpc) is 2.52. The lowest BCUT2D eigenvalue weighted by atomic mass is 10.1. The number of carbonyl (C=O) groups is 1. The zero-order valence-corrected chi connectivity index (χ0v) is 8.27. The number of carbonyl (C=O) groups excluding carboxylic acids is 1. The predicted octanol–water partition coefficient (Wildman–Crippen LogP) is 0.917. The zero-order valence-electron chi connectivity index (χ0n) is 8.27. The highest BCUT2D eigenvalue weighted by molar-refractivity contribution is 5.80. The maximum absolute atomic E-state index is 10.9. The van der Waals surface area contributed by atoms with E-state index >= 15 is 0 Å². The second-order valence-corrected chi connectivity index (χ2v) is 2.73. The Hall–Kier alpha value is -1.32. The molecule has 13 heavy (non-hydrogen) atoms. The van der Waals surface area contributed by atoms with Gasteiger partial charge in [0.1, 0.15) is 0 Å². The molecule has 0 saturated heterocycles. The molecular formula is C9H15N3O. The largest absolute Gasteiger partial charge is 0.350 e. The van der Waals surface area contributed by atoms with Gasteiger partial charge in [0, 0.05) is 11.3 Å². The molecule has 0 saturated carbocycles. The lowest BCUT2D eigenvalue weighted by Crippen LogP contribution is -2.30. The fraction of sp³-hybridized carbons (Fsp3) is 0.556. The first-order chi connectivity index (χ1) is 6.27. The highest BCUT2D eigenvalue weighted by Gasteiger charge is 2.18. The van der Waals surface area contributed by atoms with E-state index < -0.39 is 0 Å². The number of hydrogen-bond acceptors (Lipinski definition) is 2. The first-order valence-electron chi connectivity index (χ1n) is 4.57. The molecule has 0 bridgehead atoms. The Morgan fingerprint density at radius 3 is 2.77 bits per heavy atom. The van der Waals surface area contributed by atoms with Gasteiger partial charge < -0.3 is 5.32 Å². The van der Waals surface area contributed by atoms with Gasteiger partial charge in [0.05, 0.1) is 18.7 Å². The lowest BCUT2D eigenvalue weighted by molar-refractivity contribution is -0.121. The van der Waals surface area contributed by atoms with Crippen molar-refractivity contribution in [3.8, 4) is 0 Å². The van der Waals surface area contributed by atoms with Crippen LogP contribution in [0.1, 0.15) is 30.8 Å². The molecular weight excluding hydrogens is 166 g/mol.